The predicted molar refractivity (Wildman–Crippen MR) is 107 cm³/mol. The Kier molecular flexibility index (Phi) is 4.93. The van der Waals surface area contributed by atoms with Crippen molar-refractivity contribution in [2.45, 2.75) is 12.5 Å². The number of carbonyl (C=O) groups is 1. The molecular weight excluding hydrogens is 352 g/mol. The van der Waals surface area contributed by atoms with Gasteiger partial charge in [-0.3, -0.25) is 0 Å². The van der Waals surface area contributed by atoms with Crippen LogP contribution in [0.4, 0.5) is 4.79 Å². The van der Waals surface area contributed by atoms with E-state index in [9.17, 15) is 9.90 Å². The summed E-state index contributed by atoms with van der Waals surface area (Å²) in [5, 5.41) is 12.0. The second-order valence-corrected chi connectivity index (χ2v) is 6.46. The largest absolute Gasteiger partial charge is 0.465 e. The van der Waals surface area contributed by atoms with Crippen molar-refractivity contribution in [3.63, 3.8) is 0 Å². The quantitative estimate of drug-likeness (QED) is 0.532. The van der Waals surface area contributed by atoms with Crippen LogP contribution in [0.3, 0.4) is 0 Å². The molecule has 2 heterocycles. The fourth-order valence-corrected chi connectivity index (χ4v) is 3.31. The first-order chi connectivity index (χ1) is 13.7. The predicted octanol–water partition coefficient (Wildman–Crippen LogP) is 4.21. The van der Waals surface area contributed by atoms with Gasteiger partial charge in [-0.25, -0.2) is 9.78 Å². The van der Waals surface area contributed by atoms with Gasteiger partial charge < -0.3 is 19.6 Å². The summed E-state index contributed by atoms with van der Waals surface area (Å²) < 4.78 is 3.95. The molecule has 0 spiro atoms. The Balaban J connectivity index is 1.70. The van der Waals surface area contributed by atoms with E-state index in [0.717, 1.165) is 16.9 Å². The molecule has 0 aliphatic carbocycles. The van der Waals surface area contributed by atoms with E-state index in [1.807, 2.05) is 94.5 Å². The number of amides is 1. The minimum absolute atomic E-state index is 0.467. The highest BCUT2D eigenvalue weighted by Gasteiger charge is 2.20. The lowest BCUT2D eigenvalue weighted by Gasteiger charge is -2.19. The second-order valence-electron chi connectivity index (χ2n) is 6.46. The summed E-state index contributed by atoms with van der Waals surface area (Å²) >= 11 is 0. The maximum Gasteiger partial charge on any atom is 0.405 e. The third-order valence-corrected chi connectivity index (χ3v) is 4.57. The summed E-state index contributed by atoms with van der Waals surface area (Å²) in [5.74, 6) is 0.649. The summed E-state index contributed by atoms with van der Waals surface area (Å²) in [5.41, 5.74) is 2.98. The maximum atomic E-state index is 11.4. The number of benzene rings is 2. The topological polar surface area (TPSA) is 72.1 Å². The number of nitrogens with zero attached hydrogens (tertiary/aromatic N) is 3. The van der Waals surface area contributed by atoms with Crippen LogP contribution in [-0.2, 0) is 6.42 Å². The first-order valence-corrected chi connectivity index (χ1v) is 9.01. The highest BCUT2D eigenvalue weighted by Crippen LogP contribution is 2.22. The van der Waals surface area contributed by atoms with E-state index in [2.05, 4.69) is 10.3 Å². The van der Waals surface area contributed by atoms with Gasteiger partial charge in [0.25, 0.3) is 0 Å². The zero-order valence-electron chi connectivity index (χ0n) is 15.1. The zero-order chi connectivity index (χ0) is 19.3. The average Bonchev–Trinajstić information content (AvgIpc) is 3.40. The lowest BCUT2D eigenvalue weighted by atomic mass is 10.1. The average molecular weight is 372 g/mol. The van der Waals surface area contributed by atoms with Gasteiger partial charge in [0.1, 0.15) is 5.82 Å². The molecule has 0 fully saturated rings. The molecule has 2 aromatic carbocycles. The number of aromatic nitrogens is 3. The fraction of sp³-hybridized carbons (Fsp3) is 0.0909. The summed E-state index contributed by atoms with van der Waals surface area (Å²) in [7, 11) is 0. The minimum atomic E-state index is -1.07. The number of hydrogen-bond acceptors (Lipinski definition) is 2. The molecule has 6 nitrogen and oxygen atoms in total. The molecule has 0 aliphatic rings. The van der Waals surface area contributed by atoms with Gasteiger partial charge in [0.2, 0.25) is 0 Å². The van der Waals surface area contributed by atoms with E-state index in [-0.39, 0.29) is 0 Å². The van der Waals surface area contributed by atoms with E-state index in [4.69, 9.17) is 0 Å². The van der Waals surface area contributed by atoms with Gasteiger partial charge in [0.05, 0.1) is 6.04 Å². The number of hydrogen-bond donors (Lipinski definition) is 2. The van der Waals surface area contributed by atoms with Crippen LogP contribution >= 0.6 is 0 Å². The third kappa shape index (κ3) is 3.81. The summed E-state index contributed by atoms with van der Waals surface area (Å²) in [6.07, 6.45) is 6.96. The van der Waals surface area contributed by atoms with Crippen molar-refractivity contribution in [1.82, 2.24) is 19.4 Å². The van der Waals surface area contributed by atoms with E-state index < -0.39 is 12.1 Å². The normalized spacial score (nSPS) is 11.9. The molecule has 2 aromatic heterocycles. The summed E-state index contributed by atoms with van der Waals surface area (Å²) in [6.45, 7) is 0. The number of nitrogens with one attached hydrogen (secondary N) is 1. The first kappa shape index (κ1) is 17.6. The molecule has 1 unspecified atom stereocenters. The molecule has 0 bridgehead atoms. The van der Waals surface area contributed by atoms with Gasteiger partial charge >= 0.3 is 6.09 Å². The van der Waals surface area contributed by atoms with Crippen LogP contribution in [0.1, 0.15) is 17.4 Å². The summed E-state index contributed by atoms with van der Waals surface area (Å²) in [4.78, 5) is 15.9. The van der Waals surface area contributed by atoms with Crippen molar-refractivity contribution in [2.24, 2.45) is 0 Å². The van der Waals surface area contributed by atoms with Gasteiger partial charge in [0.15, 0.2) is 0 Å². The van der Waals surface area contributed by atoms with Gasteiger partial charge in [-0.1, -0.05) is 36.4 Å². The standard InChI is InChI=1S/C22H20N4O2/c27-22(28)24-20(15-17-7-2-1-3-8-17)21-23-11-14-26(21)19-10-6-9-18(16-19)25-12-4-5-13-25/h1-14,16,20,24H,15H2,(H,27,28). The number of rotatable bonds is 6. The Bertz CT molecular complexity index is 1060. The molecule has 0 radical (unpaired) electrons. The van der Waals surface area contributed by atoms with Crippen LogP contribution in [0, 0.1) is 0 Å². The Morgan fingerprint density at radius 3 is 2.46 bits per heavy atom. The smallest absolute Gasteiger partial charge is 0.405 e. The molecule has 4 rings (SSSR count). The number of carboxylic acid groups (broad SMARTS) is 1. The molecule has 28 heavy (non-hydrogen) atoms. The van der Waals surface area contributed by atoms with E-state index in [0.29, 0.717) is 12.2 Å². The Hall–Kier alpha value is -3.80. The zero-order valence-corrected chi connectivity index (χ0v) is 15.1. The van der Waals surface area contributed by atoms with Crippen LogP contribution in [0.25, 0.3) is 11.4 Å². The van der Waals surface area contributed by atoms with Crippen LogP contribution < -0.4 is 5.32 Å². The molecule has 140 valence electrons. The van der Waals surface area contributed by atoms with Crippen molar-refractivity contribution < 1.29 is 9.90 Å². The van der Waals surface area contributed by atoms with Crippen LogP contribution in [0.15, 0.2) is 91.5 Å². The molecule has 1 amide bonds. The SMILES string of the molecule is O=C(O)NC(Cc1ccccc1)c1nccn1-c1cccc(-n2cccc2)c1. The van der Waals surface area contributed by atoms with Gasteiger partial charge in [-0.05, 0) is 35.9 Å². The van der Waals surface area contributed by atoms with Gasteiger partial charge in [0, 0.05) is 42.6 Å². The van der Waals surface area contributed by atoms with Crippen molar-refractivity contribution in [3.8, 4) is 11.4 Å². The van der Waals surface area contributed by atoms with Crippen LogP contribution in [0.2, 0.25) is 0 Å². The monoisotopic (exact) mass is 372 g/mol. The molecular formula is C22H20N4O2. The molecule has 0 saturated heterocycles. The van der Waals surface area contributed by atoms with Crippen molar-refractivity contribution in [2.75, 3.05) is 0 Å². The molecule has 6 heteroatoms. The van der Waals surface area contributed by atoms with E-state index in [1.165, 1.54) is 0 Å². The second kappa shape index (κ2) is 7.84. The van der Waals surface area contributed by atoms with E-state index in [1.54, 1.807) is 6.20 Å². The highest BCUT2D eigenvalue weighted by atomic mass is 16.4. The lowest BCUT2D eigenvalue weighted by molar-refractivity contribution is 0.189. The van der Waals surface area contributed by atoms with E-state index >= 15 is 0 Å². The van der Waals surface area contributed by atoms with Crippen molar-refractivity contribution >= 4 is 6.09 Å². The van der Waals surface area contributed by atoms with Gasteiger partial charge in [-0.15, -0.1) is 0 Å². The fourth-order valence-electron chi connectivity index (χ4n) is 3.31. The lowest BCUT2D eigenvalue weighted by Crippen LogP contribution is -2.30. The Labute approximate surface area is 162 Å². The van der Waals surface area contributed by atoms with Crippen LogP contribution in [0.5, 0.6) is 0 Å². The first-order valence-electron chi connectivity index (χ1n) is 9.01. The molecule has 0 saturated carbocycles. The van der Waals surface area contributed by atoms with Crippen LogP contribution in [-0.4, -0.2) is 25.3 Å². The Morgan fingerprint density at radius 1 is 0.964 bits per heavy atom. The summed E-state index contributed by atoms with van der Waals surface area (Å²) in [6, 6.07) is 21.3. The van der Waals surface area contributed by atoms with Crippen molar-refractivity contribution in [3.05, 3.63) is 103 Å². The Morgan fingerprint density at radius 2 is 1.71 bits per heavy atom. The molecule has 1 atom stereocenters. The number of imidazole rings is 1. The maximum absolute atomic E-state index is 11.4. The van der Waals surface area contributed by atoms with Gasteiger partial charge in [-0.2, -0.15) is 0 Å². The van der Waals surface area contributed by atoms with Crippen molar-refractivity contribution in [1.29, 1.82) is 0 Å². The molecule has 4 aromatic rings. The molecule has 2 N–H and O–H groups in total. The minimum Gasteiger partial charge on any atom is -0.465 e. The molecule has 0 aliphatic heterocycles. The third-order valence-electron chi connectivity index (χ3n) is 4.57. The highest BCUT2D eigenvalue weighted by molar-refractivity contribution is 5.65.